The summed E-state index contributed by atoms with van der Waals surface area (Å²) in [5.41, 5.74) is 2.08. The molecule has 1 N–H and O–H groups in total. The number of carbonyl (C=O) groups excluding carboxylic acids is 1. The minimum atomic E-state index is -0.177. The van der Waals surface area contributed by atoms with Crippen molar-refractivity contribution in [1.82, 2.24) is 14.9 Å². The molecule has 5 nitrogen and oxygen atoms in total. The van der Waals surface area contributed by atoms with Crippen molar-refractivity contribution in [2.45, 2.75) is 12.6 Å². The quantitative estimate of drug-likeness (QED) is 0.786. The summed E-state index contributed by atoms with van der Waals surface area (Å²) >= 11 is 0. The molecule has 0 saturated carbocycles. The van der Waals surface area contributed by atoms with Crippen LogP contribution in [0.25, 0.3) is 0 Å². The van der Waals surface area contributed by atoms with Crippen LogP contribution in [-0.2, 0) is 6.54 Å². The number of benzene rings is 2. The average molecular weight is 316 g/mol. The van der Waals surface area contributed by atoms with Gasteiger partial charge in [-0.3, -0.25) is 4.79 Å². The van der Waals surface area contributed by atoms with Crippen LogP contribution >= 0.6 is 0 Å². The van der Waals surface area contributed by atoms with Crippen molar-refractivity contribution in [2.24, 2.45) is 0 Å². The molecule has 2 aromatic carbocycles. The number of carbonyl (C=O) groups is 1. The number of imidazole rings is 1. The fraction of sp³-hybridized carbons (Fsp3) is 0.105. The van der Waals surface area contributed by atoms with Crippen molar-refractivity contribution >= 4 is 5.91 Å². The first-order valence-electron chi connectivity index (χ1n) is 7.58. The lowest BCUT2D eigenvalue weighted by Gasteiger charge is -2.20. The van der Waals surface area contributed by atoms with E-state index in [1.165, 1.54) is 0 Å². The van der Waals surface area contributed by atoms with Crippen molar-refractivity contribution in [3.8, 4) is 6.07 Å². The molecule has 1 aromatic heterocycles. The van der Waals surface area contributed by atoms with Gasteiger partial charge in [-0.05, 0) is 29.8 Å². The highest BCUT2D eigenvalue weighted by Crippen LogP contribution is 2.16. The number of nitrogens with zero attached hydrogens (tertiary/aromatic N) is 3. The van der Waals surface area contributed by atoms with E-state index in [2.05, 4.69) is 10.3 Å². The van der Waals surface area contributed by atoms with E-state index in [0.29, 0.717) is 17.7 Å². The minimum absolute atomic E-state index is 0.173. The second kappa shape index (κ2) is 7.25. The van der Waals surface area contributed by atoms with E-state index in [-0.39, 0.29) is 11.9 Å². The van der Waals surface area contributed by atoms with Gasteiger partial charge in [-0.25, -0.2) is 4.98 Å². The Hall–Kier alpha value is -3.39. The number of rotatable bonds is 5. The maximum absolute atomic E-state index is 12.5. The Kier molecular flexibility index (Phi) is 4.68. The summed E-state index contributed by atoms with van der Waals surface area (Å²) in [7, 11) is 0. The van der Waals surface area contributed by atoms with Gasteiger partial charge in [0.1, 0.15) is 0 Å². The van der Waals surface area contributed by atoms with Gasteiger partial charge in [-0.1, -0.05) is 30.3 Å². The Morgan fingerprint density at radius 2 is 1.92 bits per heavy atom. The van der Waals surface area contributed by atoms with E-state index < -0.39 is 0 Å². The van der Waals surface area contributed by atoms with Crippen LogP contribution in [0.2, 0.25) is 0 Å². The van der Waals surface area contributed by atoms with Crippen LogP contribution in [0.3, 0.4) is 0 Å². The second-order valence-electron chi connectivity index (χ2n) is 5.39. The van der Waals surface area contributed by atoms with E-state index >= 15 is 0 Å². The fourth-order valence-corrected chi connectivity index (χ4v) is 2.46. The van der Waals surface area contributed by atoms with Gasteiger partial charge < -0.3 is 9.88 Å². The average Bonchev–Trinajstić information content (AvgIpc) is 3.15. The predicted octanol–water partition coefficient (Wildman–Crippen LogP) is 2.93. The number of nitrogens with one attached hydrogen (secondary N) is 1. The Balaban J connectivity index is 1.80. The molecule has 24 heavy (non-hydrogen) atoms. The van der Waals surface area contributed by atoms with Crippen LogP contribution in [-0.4, -0.2) is 15.5 Å². The smallest absolute Gasteiger partial charge is 0.251 e. The molecule has 5 heteroatoms. The van der Waals surface area contributed by atoms with Crippen molar-refractivity contribution in [3.63, 3.8) is 0 Å². The molecular weight excluding hydrogens is 300 g/mol. The lowest BCUT2D eigenvalue weighted by Crippen LogP contribution is -2.31. The van der Waals surface area contributed by atoms with Crippen LogP contribution in [0.5, 0.6) is 0 Å². The largest absolute Gasteiger partial charge is 0.343 e. The highest BCUT2D eigenvalue weighted by molar-refractivity contribution is 5.94. The van der Waals surface area contributed by atoms with Gasteiger partial charge in [0.15, 0.2) is 0 Å². The molecule has 0 aliphatic heterocycles. The first-order valence-corrected chi connectivity index (χ1v) is 7.58. The third-order valence-corrected chi connectivity index (χ3v) is 3.74. The summed E-state index contributed by atoms with van der Waals surface area (Å²) in [6.45, 7) is 0.589. The molecule has 0 radical (unpaired) electrons. The number of aromatic nitrogens is 2. The van der Waals surface area contributed by atoms with E-state index in [0.717, 1.165) is 5.56 Å². The SMILES string of the molecule is N#Cc1ccc(C(=O)NC(Cn2ccnc2)c2ccccc2)cc1. The first-order chi connectivity index (χ1) is 11.8. The molecule has 0 aliphatic carbocycles. The summed E-state index contributed by atoms with van der Waals surface area (Å²) in [5.74, 6) is -0.173. The van der Waals surface area contributed by atoms with Crippen molar-refractivity contribution in [2.75, 3.05) is 0 Å². The van der Waals surface area contributed by atoms with Crippen LogP contribution in [0.4, 0.5) is 0 Å². The molecule has 0 spiro atoms. The molecule has 118 valence electrons. The molecule has 0 aliphatic rings. The van der Waals surface area contributed by atoms with E-state index in [4.69, 9.17) is 5.26 Å². The maximum atomic E-state index is 12.5. The number of amides is 1. The van der Waals surface area contributed by atoms with Gasteiger partial charge in [0.2, 0.25) is 0 Å². The number of hydrogen-bond donors (Lipinski definition) is 1. The molecule has 1 amide bonds. The van der Waals surface area contributed by atoms with Crippen LogP contribution in [0.1, 0.15) is 27.5 Å². The highest BCUT2D eigenvalue weighted by Gasteiger charge is 2.16. The number of hydrogen-bond acceptors (Lipinski definition) is 3. The van der Waals surface area contributed by atoms with Crippen molar-refractivity contribution in [3.05, 3.63) is 90.0 Å². The van der Waals surface area contributed by atoms with E-state index in [1.807, 2.05) is 47.2 Å². The van der Waals surface area contributed by atoms with Crippen LogP contribution in [0.15, 0.2) is 73.3 Å². The molecule has 3 rings (SSSR count). The zero-order valence-corrected chi connectivity index (χ0v) is 13.0. The summed E-state index contributed by atoms with van der Waals surface area (Å²) < 4.78 is 1.93. The van der Waals surface area contributed by atoms with Gasteiger partial charge in [-0.2, -0.15) is 5.26 Å². The monoisotopic (exact) mass is 316 g/mol. The van der Waals surface area contributed by atoms with E-state index in [9.17, 15) is 4.79 Å². The summed E-state index contributed by atoms with van der Waals surface area (Å²) in [6.07, 6.45) is 5.30. The van der Waals surface area contributed by atoms with Gasteiger partial charge >= 0.3 is 0 Å². The first kappa shape index (κ1) is 15.5. The second-order valence-corrected chi connectivity index (χ2v) is 5.39. The van der Waals surface area contributed by atoms with Crippen molar-refractivity contribution in [1.29, 1.82) is 5.26 Å². The third-order valence-electron chi connectivity index (χ3n) is 3.74. The van der Waals surface area contributed by atoms with Gasteiger partial charge in [-0.15, -0.1) is 0 Å². The van der Waals surface area contributed by atoms with Gasteiger partial charge in [0.25, 0.3) is 5.91 Å². The molecule has 0 fully saturated rings. The number of nitriles is 1. The predicted molar refractivity (Wildman–Crippen MR) is 90.0 cm³/mol. The molecule has 1 unspecified atom stereocenters. The zero-order chi connectivity index (χ0) is 16.8. The fourth-order valence-electron chi connectivity index (χ4n) is 2.46. The van der Waals surface area contributed by atoms with Crippen LogP contribution in [0, 0.1) is 11.3 Å². The maximum Gasteiger partial charge on any atom is 0.251 e. The zero-order valence-electron chi connectivity index (χ0n) is 13.0. The molecular formula is C19H16N4O. The molecule has 1 heterocycles. The molecule has 0 bridgehead atoms. The Morgan fingerprint density at radius 3 is 2.54 bits per heavy atom. The third kappa shape index (κ3) is 3.68. The minimum Gasteiger partial charge on any atom is -0.343 e. The summed E-state index contributed by atoms with van der Waals surface area (Å²) in [5, 5.41) is 11.9. The van der Waals surface area contributed by atoms with Gasteiger partial charge in [0.05, 0.1) is 24.0 Å². The molecule has 1 atom stereocenters. The van der Waals surface area contributed by atoms with Gasteiger partial charge in [0, 0.05) is 24.5 Å². The molecule has 3 aromatic rings. The summed E-state index contributed by atoms with van der Waals surface area (Å²) in [6, 6.07) is 18.3. The lowest BCUT2D eigenvalue weighted by atomic mass is 10.1. The van der Waals surface area contributed by atoms with Crippen molar-refractivity contribution < 1.29 is 4.79 Å². The van der Waals surface area contributed by atoms with E-state index in [1.54, 1.807) is 36.8 Å². The standard InChI is InChI=1S/C19H16N4O/c20-12-15-6-8-17(9-7-15)19(24)22-18(13-23-11-10-21-14-23)16-4-2-1-3-5-16/h1-11,14,18H,13H2,(H,22,24). The Bertz CT molecular complexity index is 833. The molecule has 0 saturated heterocycles. The lowest BCUT2D eigenvalue weighted by molar-refractivity contribution is 0.0932. The Labute approximate surface area is 140 Å². The highest BCUT2D eigenvalue weighted by atomic mass is 16.1. The normalized spacial score (nSPS) is 11.5. The topological polar surface area (TPSA) is 70.7 Å². The Morgan fingerprint density at radius 1 is 1.17 bits per heavy atom. The summed E-state index contributed by atoms with van der Waals surface area (Å²) in [4.78, 5) is 16.6. The van der Waals surface area contributed by atoms with Crippen LogP contribution < -0.4 is 5.32 Å².